The molecule has 27 heavy (non-hydrogen) atoms. The molecular formula is C21H29IN4O. The highest BCUT2D eigenvalue weighted by molar-refractivity contribution is 14.0. The van der Waals surface area contributed by atoms with Crippen LogP contribution in [0.4, 0.5) is 0 Å². The van der Waals surface area contributed by atoms with Crippen LogP contribution >= 0.6 is 24.0 Å². The molecule has 0 spiro atoms. The zero-order chi connectivity index (χ0) is 18.8. The van der Waals surface area contributed by atoms with Gasteiger partial charge in [0.15, 0.2) is 5.96 Å². The van der Waals surface area contributed by atoms with Gasteiger partial charge in [-0.25, -0.2) is 4.99 Å². The maximum absolute atomic E-state index is 11.8. The van der Waals surface area contributed by atoms with Gasteiger partial charge in [0, 0.05) is 18.7 Å². The molecule has 6 heteroatoms. The zero-order valence-corrected chi connectivity index (χ0v) is 18.5. The molecule has 2 aromatic carbocycles. The number of hydrogen-bond acceptors (Lipinski definition) is 2. The third-order valence-electron chi connectivity index (χ3n) is 3.97. The van der Waals surface area contributed by atoms with Crippen LogP contribution in [0.3, 0.4) is 0 Å². The van der Waals surface area contributed by atoms with Crippen molar-refractivity contribution < 1.29 is 4.79 Å². The lowest BCUT2D eigenvalue weighted by molar-refractivity contribution is 0.0956. The van der Waals surface area contributed by atoms with Gasteiger partial charge in [-0.1, -0.05) is 42.5 Å². The van der Waals surface area contributed by atoms with E-state index in [4.69, 9.17) is 0 Å². The Morgan fingerprint density at radius 3 is 2.19 bits per heavy atom. The van der Waals surface area contributed by atoms with Crippen molar-refractivity contribution in [2.24, 2.45) is 4.99 Å². The number of rotatable bonds is 7. The predicted octanol–water partition coefficient (Wildman–Crippen LogP) is 3.87. The SMILES string of the molecule is CCNC(=O)c1ccc(CN=C(NCC)NC(C)c2ccccc2)cc1.I. The first kappa shape index (κ1) is 23.0. The van der Waals surface area contributed by atoms with Crippen LogP contribution in [0.2, 0.25) is 0 Å². The smallest absolute Gasteiger partial charge is 0.251 e. The van der Waals surface area contributed by atoms with Gasteiger partial charge in [-0.3, -0.25) is 4.79 Å². The Kier molecular flexibility index (Phi) is 10.5. The monoisotopic (exact) mass is 480 g/mol. The van der Waals surface area contributed by atoms with E-state index in [0.717, 1.165) is 18.1 Å². The van der Waals surface area contributed by atoms with E-state index in [1.54, 1.807) is 0 Å². The maximum Gasteiger partial charge on any atom is 0.251 e. The van der Waals surface area contributed by atoms with Crippen molar-refractivity contribution in [2.45, 2.75) is 33.4 Å². The van der Waals surface area contributed by atoms with Crippen LogP contribution in [0.5, 0.6) is 0 Å². The Morgan fingerprint density at radius 2 is 1.59 bits per heavy atom. The summed E-state index contributed by atoms with van der Waals surface area (Å²) in [7, 11) is 0. The van der Waals surface area contributed by atoms with E-state index in [1.807, 2.05) is 56.3 Å². The summed E-state index contributed by atoms with van der Waals surface area (Å²) in [6.45, 7) is 8.04. The number of guanidine groups is 1. The molecule has 0 aliphatic heterocycles. The fourth-order valence-electron chi connectivity index (χ4n) is 2.54. The number of benzene rings is 2. The number of hydrogen-bond donors (Lipinski definition) is 3. The summed E-state index contributed by atoms with van der Waals surface area (Å²) in [6.07, 6.45) is 0. The summed E-state index contributed by atoms with van der Waals surface area (Å²) < 4.78 is 0. The topological polar surface area (TPSA) is 65.5 Å². The standard InChI is InChI=1S/C21H28N4O.HI/c1-4-22-20(26)19-13-11-17(12-14-19)15-24-21(23-5-2)25-16(3)18-9-7-6-8-10-18;/h6-14,16H,4-5,15H2,1-3H3,(H,22,26)(H2,23,24,25);1H. The van der Waals surface area contributed by atoms with E-state index in [2.05, 4.69) is 40.0 Å². The molecule has 5 nitrogen and oxygen atoms in total. The summed E-state index contributed by atoms with van der Waals surface area (Å²) >= 11 is 0. The average Bonchev–Trinajstić information content (AvgIpc) is 2.67. The Bertz CT molecular complexity index is 717. The molecule has 0 heterocycles. The molecule has 1 amide bonds. The van der Waals surface area contributed by atoms with Crippen molar-refractivity contribution in [1.29, 1.82) is 0 Å². The Morgan fingerprint density at radius 1 is 0.963 bits per heavy atom. The molecule has 1 unspecified atom stereocenters. The molecule has 0 bridgehead atoms. The Hall–Kier alpha value is -2.09. The van der Waals surface area contributed by atoms with Crippen molar-refractivity contribution in [1.82, 2.24) is 16.0 Å². The molecule has 1 atom stereocenters. The lowest BCUT2D eigenvalue weighted by Gasteiger charge is -2.18. The normalized spacial score (nSPS) is 11.9. The first-order chi connectivity index (χ1) is 12.6. The van der Waals surface area contributed by atoms with Gasteiger partial charge < -0.3 is 16.0 Å². The van der Waals surface area contributed by atoms with Crippen LogP contribution < -0.4 is 16.0 Å². The van der Waals surface area contributed by atoms with Crippen LogP contribution in [-0.4, -0.2) is 25.0 Å². The van der Waals surface area contributed by atoms with Crippen molar-refractivity contribution in [3.05, 3.63) is 71.3 Å². The first-order valence-electron chi connectivity index (χ1n) is 9.11. The highest BCUT2D eigenvalue weighted by Gasteiger charge is 2.07. The van der Waals surface area contributed by atoms with Gasteiger partial charge in [0.2, 0.25) is 0 Å². The van der Waals surface area contributed by atoms with Crippen LogP contribution in [0.1, 0.15) is 48.3 Å². The van der Waals surface area contributed by atoms with E-state index in [1.165, 1.54) is 5.56 Å². The number of aliphatic imine (C=N–C) groups is 1. The molecule has 2 aromatic rings. The lowest BCUT2D eigenvalue weighted by Crippen LogP contribution is -2.38. The number of halogens is 1. The van der Waals surface area contributed by atoms with Crippen molar-refractivity contribution in [3.8, 4) is 0 Å². The van der Waals surface area contributed by atoms with Gasteiger partial charge in [-0.2, -0.15) is 0 Å². The number of amides is 1. The van der Waals surface area contributed by atoms with E-state index in [0.29, 0.717) is 18.7 Å². The number of nitrogens with one attached hydrogen (secondary N) is 3. The van der Waals surface area contributed by atoms with E-state index < -0.39 is 0 Å². The van der Waals surface area contributed by atoms with Gasteiger partial charge in [-0.05, 0) is 44.0 Å². The number of carbonyl (C=O) groups is 1. The molecule has 0 saturated heterocycles. The third-order valence-corrected chi connectivity index (χ3v) is 3.97. The minimum Gasteiger partial charge on any atom is -0.357 e. The minimum atomic E-state index is -0.0470. The summed E-state index contributed by atoms with van der Waals surface area (Å²) in [5, 5.41) is 9.50. The molecule has 0 aromatic heterocycles. The van der Waals surface area contributed by atoms with Gasteiger partial charge >= 0.3 is 0 Å². The second-order valence-corrected chi connectivity index (χ2v) is 6.03. The van der Waals surface area contributed by atoms with Crippen molar-refractivity contribution in [3.63, 3.8) is 0 Å². The quantitative estimate of drug-likeness (QED) is 0.320. The van der Waals surface area contributed by atoms with Crippen LogP contribution in [0, 0.1) is 0 Å². The second kappa shape index (κ2) is 12.3. The molecule has 0 aliphatic carbocycles. The van der Waals surface area contributed by atoms with E-state index in [9.17, 15) is 4.79 Å². The molecule has 0 radical (unpaired) electrons. The summed E-state index contributed by atoms with van der Waals surface area (Å²) in [4.78, 5) is 16.5. The molecule has 0 aliphatic rings. The predicted molar refractivity (Wildman–Crippen MR) is 123 cm³/mol. The highest BCUT2D eigenvalue weighted by Crippen LogP contribution is 2.11. The summed E-state index contributed by atoms with van der Waals surface area (Å²) in [5.41, 5.74) is 2.94. The second-order valence-electron chi connectivity index (χ2n) is 6.03. The van der Waals surface area contributed by atoms with Gasteiger partial charge in [0.05, 0.1) is 12.6 Å². The minimum absolute atomic E-state index is 0. The van der Waals surface area contributed by atoms with Crippen molar-refractivity contribution in [2.75, 3.05) is 13.1 Å². The van der Waals surface area contributed by atoms with Crippen LogP contribution in [-0.2, 0) is 6.54 Å². The van der Waals surface area contributed by atoms with Crippen LogP contribution in [0.15, 0.2) is 59.6 Å². The maximum atomic E-state index is 11.8. The van der Waals surface area contributed by atoms with E-state index >= 15 is 0 Å². The highest BCUT2D eigenvalue weighted by atomic mass is 127. The van der Waals surface area contributed by atoms with Gasteiger partial charge in [-0.15, -0.1) is 24.0 Å². The van der Waals surface area contributed by atoms with Gasteiger partial charge in [0.1, 0.15) is 0 Å². The molecule has 0 saturated carbocycles. The largest absolute Gasteiger partial charge is 0.357 e. The summed E-state index contributed by atoms with van der Waals surface area (Å²) in [6, 6.07) is 18.0. The molecule has 146 valence electrons. The zero-order valence-electron chi connectivity index (χ0n) is 16.2. The first-order valence-corrected chi connectivity index (χ1v) is 9.11. The Balaban J connectivity index is 0.00000364. The van der Waals surface area contributed by atoms with Gasteiger partial charge in [0.25, 0.3) is 5.91 Å². The molecular weight excluding hydrogens is 451 g/mol. The van der Waals surface area contributed by atoms with Crippen molar-refractivity contribution >= 4 is 35.8 Å². The molecule has 3 N–H and O–H groups in total. The van der Waals surface area contributed by atoms with Crippen LogP contribution in [0.25, 0.3) is 0 Å². The average molecular weight is 480 g/mol. The van der Waals surface area contributed by atoms with E-state index in [-0.39, 0.29) is 35.9 Å². The fraction of sp³-hybridized carbons (Fsp3) is 0.333. The summed E-state index contributed by atoms with van der Waals surface area (Å²) in [5.74, 6) is 0.728. The third kappa shape index (κ3) is 7.58. The molecule has 0 fully saturated rings. The Labute approximate surface area is 179 Å². The number of carbonyl (C=O) groups excluding carboxylic acids is 1. The number of nitrogens with zero attached hydrogens (tertiary/aromatic N) is 1. The molecule has 2 rings (SSSR count). The fourth-order valence-corrected chi connectivity index (χ4v) is 2.54. The lowest BCUT2D eigenvalue weighted by atomic mass is 10.1.